The molecule has 0 saturated heterocycles. The molecule has 0 radical (unpaired) electrons. The molecule has 0 bridgehead atoms. The lowest BCUT2D eigenvalue weighted by molar-refractivity contribution is 0.486. The van der Waals surface area contributed by atoms with Crippen LogP contribution in [0.25, 0.3) is 10.6 Å². The van der Waals surface area contributed by atoms with Crippen molar-refractivity contribution in [3.63, 3.8) is 0 Å². The molecule has 8 heteroatoms. The second-order valence-electron chi connectivity index (χ2n) is 5.11. The number of rotatable bonds is 4. The van der Waals surface area contributed by atoms with Crippen LogP contribution in [-0.2, 0) is 10.1 Å². The Morgan fingerprint density at radius 1 is 1.20 bits per heavy atom. The molecule has 0 fully saturated rings. The standard InChI is InChI=1S/C17H11FN2O3S2/c1-11-10-24-17(20-11)12-2-4-14(5-3-12)23-25(21,22)15-6-7-16(18)13(8-15)9-19/h2-8,10H,1H3. The Bertz CT molecular complexity index is 1070. The topological polar surface area (TPSA) is 80.0 Å². The molecule has 25 heavy (non-hydrogen) atoms. The van der Waals surface area contributed by atoms with Crippen molar-refractivity contribution in [2.45, 2.75) is 11.8 Å². The summed E-state index contributed by atoms with van der Waals surface area (Å²) in [6.45, 7) is 1.89. The molecule has 0 aliphatic rings. The highest BCUT2D eigenvalue weighted by Gasteiger charge is 2.19. The van der Waals surface area contributed by atoms with E-state index < -0.39 is 15.9 Å². The number of benzene rings is 2. The second-order valence-corrected chi connectivity index (χ2v) is 7.51. The zero-order valence-corrected chi connectivity index (χ0v) is 14.6. The van der Waals surface area contributed by atoms with Crippen LogP contribution in [0.2, 0.25) is 0 Å². The molecule has 0 unspecified atom stereocenters. The van der Waals surface area contributed by atoms with Crippen LogP contribution in [-0.4, -0.2) is 13.4 Å². The fourth-order valence-corrected chi connectivity index (χ4v) is 3.82. The monoisotopic (exact) mass is 374 g/mol. The van der Waals surface area contributed by atoms with Crippen molar-refractivity contribution >= 4 is 21.5 Å². The van der Waals surface area contributed by atoms with E-state index in [2.05, 4.69) is 4.98 Å². The van der Waals surface area contributed by atoms with Gasteiger partial charge in [-0.2, -0.15) is 13.7 Å². The third kappa shape index (κ3) is 3.68. The lowest BCUT2D eigenvalue weighted by Gasteiger charge is -2.08. The molecule has 0 amide bonds. The number of nitrogens with zero attached hydrogens (tertiary/aromatic N) is 2. The Morgan fingerprint density at radius 2 is 1.92 bits per heavy atom. The number of nitriles is 1. The van der Waals surface area contributed by atoms with Gasteiger partial charge in [0.2, 0.25) is 0 Å². The summed E-state index contributed by atoms with van der Waals surface area (Å²) < 4.78 is 42.9. The van der Waals surface area contributed by atoms with Gasteiger partial charge in [-0.1, -0.05) is 0 Å². The van der Waals surface area contributed by atoms with Gasteiger partial charge in [0.25, 0.3) is 0 Å². The van der Waals surface area contributed by atoms with E-state index in [1.807, 2.05) is 12.3 Å². The largest absolute Gasteiger partial charge is 0.379 e. The summed E-state index contributed by atoms with van der Waals surface area (Å²) in [5.41, 5.74) is 1.39. The summed E-state index contributed by atoms with van der Waals surface area (Å²) in [4.78, 5) is 4.07. The fourth-order valence-electron chi connectivity index (χ4n) is 2.06. The molecule has 126 valence electrons. The molecule has 0 atom stereocenters. The predicted octanol–water partition coefficient (Wildman–Crippen LogP) is 3.90. The minimum atomic E-state index is -4.17. The van der Waals surface area contributed by atoms with Crippen molar-refractivity contribution in [3.05, 3.63) is 64.9 Å². The molecule has 2 aromatic carbocycles. The van der Waals surface area contributed by atoms with Crippen LogP contribution >= 0.6 is 11.3 Å². The van der Waals surface area contributed by atoms with Gasteiger partial charge in [-0.3, -0.25) is 0 Å². The molecule has 1 heterocycles. The zero-order chi connectivity index (χ0) is 18.0. The summed E-state index contributed by atoms with van der Waals surface area (Å²) in [7, 11) is -4.17. The molecular formula is C17H11FN2O3S2. The third-order valence-corrected chi connectivity index (χ3v) is 5.53. The Balaban J connectivity index is 1.85. The quantitative estimate of drug-likeness (QED) is 0.647. The number of hydrogen-bond acceptors (Lipinski definition) is 6. The minimum Gasteiger partial charge on any atom is -0.379 e. The van der Waals surface area contributed by atoms with Gasteiger partial charge in [-0.05, 0) is 49.4 Å². The number of aryl methyl sites for hydroxylation is 1. The normalized spacial score (nSPS) is 11.1. The van der Waals surface area contributed by atoms with Crippen LogP contribution in [0.4, 0.5) is 4.39 Å². The van der Waals surface area contributed by atoms with Gasteiger partial charge in [-0.25, -0.2) is 9.37 Å². The summed E-state index contributed by atoms with van der Waals surface area (Å²) in [6, 6.07) is 10.9. The van der Waals surface area contributed by atoms with Gasteiger partial charge in [0.05, 0.1) is 5.56 Å². The lowest BCUT2D eigenvalue weighted by atomic mass is 10.2. The molecule has 3 rings (SSSR count). The molecule has 0 spiro atoms. The first-order chi connectivity index (χ1) is 11.9. The van der Waals surface area contributed by atoms with Gasteiger partial charge in [0, 0.05) is 16.6 Å². The Labute approximate surface area is 148 Å². The third-order valence-electron chi connectivity index (χ3n) is 3.27. The van der Waals surface area contributed by atoms with Crippen LogP contribution in [0, 0.1) is 24.1 Å². The summed E-state index contributed by atoms with van der Waals surface area (Å²) >= 11 is 1.49. The van der Waals surface area contributed by atoms with Gasteiger partial charge < -0.3 is 4.18 Å². The van der Waals surface area contributed by atoms with Crippen molar-refractivity contribution in [3.8, 4) is 22.4 Å². The molecule has 1 aromatic heterocycles. The highest BCUT2D eigenvalue weighted by Crippen LogP contribution is 2.27. The van der Waals surface area contributed by atoms with Crippen molar-refractivity contribution in [1.29, 1.82) is 5.26 Å². The number of aromatic nitrogens is 1. The average Bonchev–Trinajstić information content (AvgIpc) is 3.02. The smallest absolute Gasteiger partial charge is 0.339 e. The Kier molecular flexibility index (Phi) is 4.53. The molecule has 5 nitrogen and oxygen atoms in total. The second kappa shape index (κ2) is 6.63. The first-order valence-corrected chi connectivity index (χ1v) is 9.34. The molecule has 0 N–H and O–H groups in total. The van der Waals surface area contributed by atoms with Crippen LogP contribution < -0.4 is 4.18 Å². The molecule has 3 aromatic rings. The molecule has 0 saturated carbocycles. The average molecular weight is 374 g/mol. The lowest BCUT2D eigenvalue weighted by Crippen LogP contribution is -2.10. The van der Waals surface area contributed by atoms with Crippen LogP contribution in [0.5, 0.6) is 5.75 Å². The van der Waals surface area contributed by atoms with E-state index in [-0.39, 0.29) is 16.2 Å². The highest BCUT2D eigenvalue weighted by molar-refractivity contribution is 7.87. The van der Waals surface area contributed by atoms with Crippen molar-refractivity contribution in [2.24, 2.45) is 0 Å². The van der Waals surface area contributed by atoms with Gasteiger partial charge in [-0.15, -0.1) is 11.3 Å². The van der Waals surface area contributed by atoms with Gasteiger partial charge in [0.15, 0.2) is 0 Å². The molecular weight excluding hydrogens is 363 g/mol. The molecule has 0 aliphatic carbocycles. The predicted molar refractivity (Wildman–Crippen MR) is 91.2 cm³/mol. The number of halogens is 1. The summed E-state index contributed by atoms with van der Waals surface area (Å²) in [5.74, 6) is -0.676. The van der Waals surface area contributed by atoms with Crippen molar-refractivity contribution < 1.29 is 17.0 Å². The highest BCUT2D eigenvalue weighted by atomic mass is 32.2. The fraction of sp³-hybridized carbons (Fsp3) is 0.0588. The Morgan fingerprint density at radius 3 is 2.52 bits per heavy atom. The Hall–Kier alpha value is -2.76. The van der Waals surface area contributed by atoms with Gasteiger partial charge in [0.1, 0.15) is 27.5 Å². The van der Waals surface area contributed by atoms with E-state index in [0.29, 0.717) is 0 Å². The van der Waals surface area contributed by atoms with E-state index >= 15 is 0 Å². The summed E-state index contributed by atoms with van der Waals surface area (Å²) in [6.07, 6.45) is 0. The summed E-state index contributed by atoms with van der Waals surface area (Å²) in [5, 5.41) is 11.6. The van der Waals surface area contributed by atoms with E-state index in [9.17, 15) is 12.8 Å². The van der Waals surface area contributed by atoms with Crippen LogP contribution in [0.3, 0.4) is 0 Å². The molecule has 0 aliphatic heterocycles. The zero-order valence-electron chi connectivity index (χ0n) is 12.9. The SMILES string of the molecule is Cc1csc(-c2ccc(OS(=O)(=O)c3ccc(F)c(C#N)c3)cc2)n1. The first kappa shape index (κ1) is 17.1. The van der Waals surface area contributed by atoms with E-state index in [4.69, 9.17) is 9.44 Å². The van der Waals surface area contributed by atoms with Crippen molar-refractivity contribution in [2.75, 3.05) is 0 Å². The van der Waals surface area contributed by atoms with E-state index in [1.54, 1.807) is 18.2 Å². The maximum absolute atomic E-state index is 13.3. The first-order valence-electron chi connectivity index (χ1n) is 7.06. The number of hydrogen-bond donors (Lipinski definition) is 0. The van der Waals surface area contributed by atoms with Crippen molar-refractivity contribution in [1.82, 2.24) is 4.98 Å². The number of thiazole rings is 1. The van der Waals surface area contributed by atoms with Crippen LogP contribution in [0.15, 0.2) is 52.7 Å². The van der Waals surface area contributed by atoms with E-state index in [1.165, 1.54) is 23.5 Å². The minimum absolute atomic E-state index is 0.111. The maximum Gasteiger partial charge on any atom is 0.339 e. The van der Waals surface area contributed by atoms with E-state index in [0.717, 1.165) is 34.5 Å². The van der Waals surface area contributed by atoms with Gasteiger partial charge >= 0.3 is 10.1 Å². The van der Waals surface area contributed by atoms with Crippen LogP contribution in [0.1, 0.15) is 11.3 Å². The maximum atomic E-state index is 13.3.